The monoisotopic (exact) mass is 207 g/mol. The molecule has 3 nitrogen and oxygen atoms in total. The zero-order chi connectivity index (χ0) is 10.7. The van der Waals surface area contributed by atoms with Crippen molar-refractivity contribution in [1.82, 2.24) is 14.9 Å². The van der Waals surface area contributed by atoms with Gasteiger partial charge in [-0.05, 0) is 39.3 Å². The first-order valence-corrected chi connectivity index (χ1v) is 6.05. The van der Waals surface area contributed by atoms with Crippen molar-refractivity contribution in [2.45, 2.75) is 45.6 Å². The Balaban J connectivity index is 2.18. The summed E-state index contributed by atoms with van der Waals surface area (Å²) in [6.45, 7) is 7.79. The van der Waals surface area contributed by atoms with E-state index in [1.165, 1.54) is 30.8 Å². The standard InChI is InChI=1S/C12H21N3/c1-3-8-15-10(2)9-14-12(15)11-4-6-13-7-5-11/h9,11,13H,3-8H2,1-2H3. The number of rotatable bonds is 3. The Bertz CT molecular complexity index is 311. The van der Waals surface area contributed by atoms with Crippen LogP contribution in [0.4, 0.5) is 0 Å². The highest BCUT2D eigenvalue weighted by atomic mass is 15.1. The number of aromatic nitrogens is 2. The van der Waals surface area contributed by atoms with Crippen LogP contribution in [-0.4, -0.2) is 22.6 Å². The fourth-order valence-corrected chi connectivity index (χ4v) is 2.40. The third-order valence-corrected chi connectivity index (χ3v) is 3.24. The fraction of sp³-hybridized carbons (Fsp3) is 0.750. The second-order valence-corrected chi connectivity index (χ2v) is 4.43. The molecule has 84 valence electrons. The van der Waals surface area contributed by atoms with Crippen molar-refractivity contribution in [2.24, 2.45) is 0 Å². The summed E-state index contributed by atoms with van der Waals surface area (Å²) in [5.41, 5.74) is 1.31. The SMILES string of the molecule is CCCn1c(C)cnc1C1CCNCC1. The van der Waals surface area contributed by atoms with Gasteiger partial charge in [0.2, 0.25) is 0 Å². The summed E-state index contributed by atoms with van der Waals surface area (Å²) >= 11 is 0. The normalized spacial score (nSPS) is 18.3. The van der Waals surface area contributed by atoms with Crippen LogP contribution in [-0.2, 0) is 6.54 Å². The predicted octanol–water partition coefficient (Wildman–Crippen LogP) is 2.07. The Morgan fingerprint density at radius 3 is 2.87 bits per heavy atom. The molecule has 0 aliphatic carbocycles. The lowest BCUT2D eigenvalue weighted by Crippen LogP contribution is -2.28. The lowest BCUT2D eigenvalue weighted by molar-refractivity contribution is 0.428. The molecule has 0 radical (unpaired) electrons. The zero-order valence-electron chi connectivity index (χ0n) is 9.79. The van der Waals surface area contributed by atoms with Crippen LogP contribution in [0, 0.1) is 6.92 Å². The zero-order valence-corrected chi connectivity index (χ0v) is 9.79. The van der Waals surface area contributed by atoms with Gasteiger partial charge in [0.15, 0.2) is 0 Å². The van der Waals surface area contributed by atoms with Gasteiger partial charge in [-0.2, -0.15) is 0 Å². The van der Waals surface area contributed by atoms with E-state index in [0.29, 0.717) is 5.92 Å². The molecular weight excluding hydrogens is 186 g/mol. The number of piperidine rings is 1. The Kier molecular flexibility index (Phi) is 3.41. The van der Waals surface area contributed by atoms with E-state index in [4.69, 9.17) is 0 Å². The molecular formula is C12H21N3. The molecule has 1 saturated heterocycles. The van der Waals surface area contributed by atoms with Crippen LogP contribution >= 0.6 is 0 Å². The smallest absolute Gasteiger partial charge is 0.112 e. The Morgan fingerprint density at radius 1 is 1.47 bits per heavy atom. The van der Waals surface area contributed by atoms with Crippen LogP contribution in [0.15, 0.2) is 6.20 Å². The van der Waals surface area contributed by atoms with Crippen molar-refractivity contribution in [3.05, 3.63) is 17.7 Å². The quantitative estimate of drug-likeness (QED) is 0.822. The van der Waals surface area contributed by atoms with Gasteiger partial charge >= 0.3 is 0 Å². The second-order valence-electron chi connectivity index (χ2n) is 4.43. The molecule has 2 rings (SSSR count). The minimum Gasteiger partial charge on any atom is -0.332 e. The summed E-state index contributed by atoms with van der Waals surface area (Å²) in [7, 11) is 0. The van der Waals surface area contributed by atoms with E-state index in [1.54, 1.807) is 0 Å². The van der Waals surface area contributed by atoms with E-state index in [0.717, 1.165) is 19.6 Å². The Labute approximate surface area is 91.9 Å². The van der Waals surface area contributed by atoms with Gasteiger partial charge in [-0.1, -0.05) is 6.92 Å². The summed E-state index contributed by atoms with van der Waals surface area (Å²) in [5.74, 6) is 1.99. The molecule has 0 bridgehead atoms. The van der Waals surface area contributed by atoms with Gasteiger partial charge in [0.05, 0.1) is 0 Å². The molecule has 1 aliphatic heterocycles. The molecule has 0 aromatic carbocycles. The van der Waals surface area contributed by atoms with Gasteiger partial charge in [0.25, 0.3) is 0 Å². The van der Waals surface area contributed by atoms with Gasteiger partial charge in [-0.3, -0.25) is 0 Å². The van der Waals surface area contributed by atoms with E-state index in [2.05, 4.69) is 28.7 Å². The average Bonchev–Trinajstić information content (AvgIpc) is 2.63. The first-order chi connectivity index (χ1) is 7.33. The molecule has 0 unspecified atom stereocenters. The highest BCUT2D eigenvalue weighted by Crippen LogP contribution is 2.25. The third-order valence-electron chi connectivity index (χ3n) is 3.24. The highest BCUT2D eigenvalue weighted by Gasteiger charge is 2.20. The lowest BCUT2D eigenvalue weighted by Gasteiger charge is -2.23. The topological polar surface area (TPSA) is 29.9 Å². The third kappa shape index (κ3) is 2.23. The summed E-state index contributed by atoms with van der Waals surface area (Å²) in [5, 5.41) is 3.41. The van der Waals surface area contributed by atoms with Crippen LogP contribution in [0.5, 0.6) is 0 Å². The van der Waals surface area contributed by atoms with E-state index in [1.807, 2.05) is 6.20 Å². The minimum atomic E-state index is 0.673. The van der Waals surface area contributed by atoms with Gasteiger partial charge in [0.1, 0.15) is 5.82 Å². The highest BCUT2D eigenvalue weighted by molar-refractivity contribution is 5.09. The Morgan fingerprint density at radius 2 is 2.20 bits per heavy atom. The Hall–Kier alpha value is -0.830. The summed E-state index contributed by atoms with van der Waals surface area (Å²) in [6, 6.07) is 0. The van der Waals surface area contributed by atoms with Gasteiger partial charge in [-0.25, -0.2) is 4.98 Å². The average molecular weight is 207 g/mol. The molecule has 0 saturated carbocycles. The largest absolute Gasteiger partial charge is 0.332 e. The van der Waals surface area contributed by atoms with Crippen molar-refractivity contribution in [3.8, 4) is 0 Å². The molecule has 1 aromatic heterocycles. The van der Waals surface area contributed by atoms with Crippen molar-refractivity contribution in [1.29, 1.82) is 0 Å². The molecule has 1 N–H and O–H groups in total. The number of aryl methyl sites for hydroxylation is 1. The molecule has 15 heavy (non-hydrogen) atoms. The number of hydrogen-bond acceptors (Lipinski definition) is 2. The van der Waals surface area contributed by atoms with E-state index in [9.17, 15) is 0 Å². The molecule has 0 amide bonds. The number of hydrogen-bond donors (Lipinski definition) is 1. The molecule has 2 heterocycles. The van der Waals surface area contributed by atoms with Gasteiger partial charge < -0.3 is 9.88 Å². The number of nitrogens with one attached hydrogen (secondary N) is 1. The van der Waals surface area contributed by atoms with Crippen LogP contribution < -0.4 is 5.32 Å². The van der Waals surface area contributed by atoms with Crippen LogP contribution in [0.25, 0.3) is 0 Å². The minimum absolute atomic E-state index is 0.673. The maximum absolute atomic E-state index is 4.59. The van der Waals surface area contributed by atoms with Crippen LogP contribution in [0.2, 0.25) is 0 Å². The van der Waals surface area contributed by atoms with Crippen molar-refractivity contribution in [2.75, 3.05) is 13.1 Å². The molecule has 0 atom stereocenters. The van der Waals surface area contributed by atoms with Crippen molar-refractivity contribution < 1.29 is 0 Å². The van der Waals surface area contributed by atoms with Crippen molar-refractivity contribution >= 4 is 0 Å². The molecule has 1 aromatic rings. The maximum atomic E-state index is 4.59. The summed E-state index contributed by atoms with van der Waals surface area (Å²) in [4.78, 5) is 4.59. The lowest BCUT2D eigenvalue weighted by atomic mass is 9.97. The first-order valence-electron chi connectivity index (χ1n) is 6.05. The number of imidazole rings is 1. The molecule has 0 spiro atoms. The van der Waals surface area contributed by atoms with E-state index >= 15 is 0 Å². The summed E-state index contributed by atoms with van der Waals surface area (Å²) < 4.78 is 2.40. The molecule has 3 heteroatoms. The van der Waals surface area contributed by atoms with E-state index < -0.39 is 0 Å². The van der Waals surface area contributed by atoms with Crippen molar-refractivity contribution in [3.63, 3.8) is 0 Å². The van der Waals surface area contributed by atoms with E-state index in [-0.39, 0.29) is 0 Å². The van der Waals surface area contributed by atoms with Crippen LogP contribution in [0.3, 0.4) is 0 Å². The summed E-state index contributed by atoms with van der Waals surface area (Å²) in [6.07, 6.45) is 5.68. The maximum Gasteiger partial charge on any atom is 0.112 e. The number of nitrogens with zero attached hydrogens (tertiary/aromatic N) is 2. The molecule has 1 aliphatic rings. The second kappa shape index (κ2) is 4.79. The molecule has 1 fully saturated rings. The fourth-order valence-electron chi connectivity index (χ4n) is 2.40. The first kappa shape index (κ1) is 10.7. The van der Waals surface area contributed by atoms with Crippen LogP contribution in [0.1, 0.15) is 43.6 Å². The van der Waals surface area contributed by atoms with Gasteiger partial charge in [-0.15, -0.1) is 0 Å². The predicted molar refractivity (Wildman–Crippen MR) is 62.1 cm³/mol. The van der Waals surface area contributed by atoms with Gasteiger partial charge in [0, 0.05) is 24.4 Å².